The van der Waals surface area contributed by atoms with E-state index in [-0.39, 0.29) is 45.3 Å². The normalized spacial score (nSPS) is 51.4. The van der Waals surface area contributed by atoms with Crippen LogP contribution < -0.4 is 0 Å². The molecule has 3 nitrogen and oxygen atoms in total. The number of fused-ring (bicyclic) bond motifs is 7. The maximum Gasteiger partial charge on any atom is 0.312 e. The van der Waals surface area contributed by atoms with Crippen molar-refractivity contribution in [1.29, 1.82) is 0 Å². The number of allylic oxidation sites excluding steroid dienone is 2. The molecule has 5 fully saturated rings. The highest BCUT2D eigenvalue weighted by Crippen LogP contribution is 2.75. The highest BCUT2D eigenvalue weighted by atomic mass is 16.5. The number of carbonyl (C=O) groups excluding carboxylic acids is 1. The maximum atomic E-state index is 14.3. The van der Waals surface area contributed by atoms with Crippen molar-refractivity contribution in [3.8, 4) is 0 Å². The van der Waals surface area contributed by atoms with E-state index in [0.29, 0.717) is 29.6 Å². The molecule has 0 amide bonds. The van der Waals surface area contributed by atoms with E-state index in [1.54, 1.807) is 5.57 Å². The molecule has 1 N–H and O–H groups in total. The molecule has 0 bridgehead atoms. The van der Waals surface area contributed by atoms with Crippen molar-refractivity contribution in [1.82, 2.24) is 0 Å². The zero-order valence-electron chi connectivity index (χ0n) is 26.3. The Morgan fingerprint density at radius 2 is 1.56 bits per heavy atom. The minimum absolute atomic E-state index is 0.0167. The predicted octanol–water partition coefficient (Wildman–Crippen LogP) is 8.88. The number of hydrogen-bond donors (Lipinski definition) is 1. The number of ether oxygens (including phenoxy) is 1. The van der Waals surface area contributed by atoms with Gasteiger partial charge in [0.15, 0.2) is 0 Å². The lowest BCUT2D eigenvalue weighted by Gasteiger charge is -2.71. The maximum absolute atomic E-state index is 14.3. The number of esters is 1. The topological polar surface area (TPSA) is 46.5 Å². The van der Waals surface area contributed by atoms with Crippen molar-refractivity contribution in [2.24, 2.45) is 56.7 Å². The van der Waals surface area contributed by atoms with Gasteiger partial charge in [0.1, 0.15) is 6.10 Å². The van der Waals surface area contributed by atoms with Crippen LogP contribution in [-0.4, -0.2) is 23.3 Å². The molecule has 220 valence electrons. The van der Waals surface area contributed by atoms with Crippen molar-refractivity contribution >= 4 is 5.97 Å². The van der Waals surface area contributed by atoms with Crippen LogP contribution in [0, 0.1) is 56.7 Å². The molecule has 39 heavy (non-hydrogen) atoms. The summed E-state index contributed by atoms with van der Waals surface area (Å²) in [6.45, 7) is 17.4. The minimum atomic E-state index is -0.323. The fourth-order valence-corrected chi connectivity index (χ4v) is 12.3. The molecule has 0 heterocycles. The van der Waals surface area contributed by atoms with Crippen LogP contribution in [0.1, 0.15) is 138 Å². The zero-order valence-corrected chi connectivity index (χ0v) is 26.3. The average molecular weight is 539 g/mol. The van der Waals surface area contributed by atoms with Crippen molar-refractivity contribution in [2.45, 2.75) is 151 Å². The van der Waals surface area contributed by atoms with Gasteiger partial charge < -0.3 is 9.84 Å². The summed E-state index contributed by atoms with van der Waals surface area (Å²) in [7, 11) is 0. The largest absolute Gasteiger partial charge is 0.462 e. The molecule has 0 aromatic heterocycles. The molecule has 10 atom stereocenters. The molecule has 0 aromatic rings. The van der Waals surface area contributed by atoms with Crippen LogP contribution in [0.2, 0.25) is 0 Å². The molecule has 0 saturated heterocycles. The summed E-state index contributed by atoms with van der Waals surface area (Å²) in [5, 5.41) is 11.0. The van der Waals surface area contributed by atoms with Crippen molar-refractivity contribution < 1.29 is 14.6 Å². The molecule has 6 aliphatic carbocycles. The second-order valence-electron chi connectivity index (χ2n) is 16.8. The Hall–Kier alpha value is -0.830. The van der Waals surface area contributed by atoms with Gasteiger partial charge in [-0.15, -0.1) is 0 Å². The first-order valence-corrected chi connectivity index (χ1v) is 16.9. The Balaban J connectivity index is 1.38. The fourth-order valence-electron chi connectivity index (χ4n) is 12.3. The van der Waals surface area contributed by atoms with Gasteiger partial charge in [-0.3, -0.25) is 4.79 Å². The second-order valence-corrected chi connectivity index (χ2v) is 16.8. The summed E-state index contributed by atoms with van der Waals surface area (Å²) in [6.07, 6.45) is 18.4. The highest BCUT2D eigenvalue weighted by Gasteiger charge is 2.69. The van der Waals surface area contributed by atoms with Crippen LogP contribution in [0.15, 0.2) is 11.6 Å². The minimum Gasteiger partial charge on any atom is -0.462 e. The van der Waals surface area contributed by atoms with E-state index in [1.165, 1.54) is 32.1 Å². The lowest BCUT2D eigenvalue weighted by Crippen LogP contribution is -2.65. The summed E-state index contributed by atoms with van der Waals surface area (Å²) in [5.74, 6) is 2.86. The van der Waals surface area contributed by atoms with Crippen LogP contribution in [0.5, 0.6) is 0 Å². The van der Waals surface area contributed by atoms with E-state index >= 15 is 0 Å². The fraction of sp³-hybridized carbons (Fsp3) is 0.917. The standard InChI is InChI=1S/C36H58O3/c1-23-15-20-36(31(38)39-25-11-9-8-10-12-25)22-21-34(6)26(30(36)24(23)2)13-14-28-33(5)18-17-29(37)32(3,4)27(33)16-19-35(28,34)7/h13,23-25,27-30,37H,8-12,14-22H2,1-7H3/t23-,24+,27+,28-,29+,30+,33+,34-,35-,36+/m1/s1. The molecule has 0 radical (unpaired) electrons. The molecule has 5 saturated carbocycles. The van der Waals surface area contributed by atoms with Crippen LogP contribution in [-0.2, 0) is 9.53 Å². The van der Waals surface area contributed by atoms with Crippen molar-refractivity contribution in [3.63, 3.8) is 0 Å². The average Bonchev–Trinajstić information content (AvgIpc) is 2.89. The van der Waals surface area contributed by atoms with Crippen LogP contribution in [0.25, 0.3) is 0 Å². The molecule has 0 aromatic carbocycles. The van der Waals surface area contributed by atoms with E-state index < -0.39 is 0 Å². The molecular weight excluding hydrogens is 480 g/mol. The van der Waals surface area contributed by atoms with Crippen LogP contribution in [0.3, 0.4) is 0 Å². The number of hydrogen-bond acceptors (Lipinski definition) is 3. The number of aliphatic hydroxyl groups is 1. The van der Waals surface area contributed by atoms with Gasteiger partial charge in [-0.2, -0.15) is 0 Å². The molecule has 6 aliphatic rings. The molecule has 0 aliphatic heterocycles. The Kier molecular flexibility index (Phi) is 6.77. The van der Waals surface area contributed by atoms with Crippen LogP contribution in [0.4, 0.5) is 0 Å². The van der Waals surface area contributed by atoms with Gasteiger partial charge in [0, 0.05) is 0 Å². The van der Waals surface area contributed by atoms with E-state index in [4.69, 9.17) is 4.74 Å². The smallest absolute Gasteiger partial charge is 0.312 e. The first-order valence-electron chi connectivity index (χ1n) is 16.9. The predicted molar refractivity (Wildman–Crippen MR) is 158 cm³/mol. The Morgan fingerprint density at radius 1 is 0.846 bits per heavy atom. The Bertz CT molecular complexity index is 1010. The van der Waals surface area contributed by atoms with Gasteiger partial charge >= 0.3 is 5.97 Å². The number of carbonyl (C=O) groups is 1. The Morgan fingerprint density at radius 3 is 2.28 bits per heavy atom. The van der Waals surface area contributed by atoms with Gasteiger partial charge in [0.2, 0.25) is 0 Å². The summed E-state index contributed by atoms with van der Waals surface area (Å²) < 4.78 is 6.45. The molecular formula is C36H58O3. The van der Waals surface area contributed by atoms with Gasteiger partial charge in [-0.1, -0.05) is 66.5 Å². The second kappa shape index (κ2) is 9.34. The van der Waals surface area contributed by atoms with Crippen LogP contribution >= 0.6 is 0 Å². The van der Waals surface area contributed by atoms with E-state index in [9.17, 15) is 9.90 Å². The third-order valence-electron chi connectivity index (χ3n) is 15.2. The molecule has 3 heteroatoms. The zero-order chi connectivity index (χ0) is 28.0. The monoisotopic (exact) mass is 538 g/mol. The lowest BCUT2D eigenvalue weighted by molar-refractivity contribution is -0.208. The van der Waals surface area contributed by atoms with Gasteiger partial charge in [-0.25, -0.2) is 0 Å². The van der Waals surface area contributed by atoms with E-state index in [1.807, 2.05) is 0 Å². The van der Waals surface area contributed by atoms with E-state index in [2.05, 4.69) is 54.5 Å². The molecule has 6 rings (SSSR count). The van der Waals surface area contributed by atoms with Gasteiger partial charge in [0.05, 0.1) is 11.5 Å². The summed E-state index contributed by atoms with van der Waals surface area (Å²) in [6, 6.07) is 0. The lowest BCUT2D eigenvalue weighted by atomic mass is 9.33. The quantitative estimate of drug-likeness (QED) is 0.282. The van der Waals surface area contributed by atoms with Gasteiger partial charge in [-0.05, 0) is 135 Å². The highest BCUT2D eigenvalue weighted by molar-refractivity contribution is 5.79. The summed E-state index contributed by atoms with van der Waals surface area (Å²) in [5.41, 5.74) is 1.94. The van der Waals surface area contributed by atoms with Crippen molar-refractivity contribution in [3.05, 3.63) is 11.6 Å². The summed E-state index contributed by atoms with van der Waals surface area (Å²) >= 11 is 0. The third kappa shape index (κ3) is 3.79. The molecule has 0 unspecified atom stereocenters. The number of rotatable bonds is 2. The van der Waals surface area contributed by atoms with Crippen molar-refractivity contribution in [2.75, 3.05) is 0 Å². The first kappa shape index (κ1) is 28.3. The first-order chi connectivity index (χ1) is 18.3. The Labute approximate surface area is 239 Å². The van der Waals surface area contributed by atoms with Gasteiger partial charge in [0.25, 0.3) is 0 Å². The summed E-state index contributed by atoms with van der Waals surface area (Å²) in [4.78, 5) is 14.3. The third-order valence-corrected chi connectivity index (χ3v) is 15.2. The van der Waals surface area contributed by atoms with E-state index in [0.717, 1.165) is 57.8 Å². The number of aliphatic hydroxyl groups excluding tert-OH is 1. The molecule has 0 spiro atoms. The SMILES string of the molecule is C[C@H]1[C@H](C)CC[C@]2(C(=O)OC3CCCCC3)CC[C@]3(C)C(=CC[C@@H]4[C@@]5(C)CC[C@H](O)C(C)(C)[C@@H]5CC[C@]43C)[C@H]12.